The molecule has 0 saturated carbocycles. The lowest BCUT2D eigenvalue weighted by atomic mass is 10.00. The highest BCUT2D eigenvalue weighted by atomic mass is 16.2. The lowest BCUT2D eigenvalue weighted by Gasteiger charge is -2.05. The molecule has 0 aliphatic rings. The number of carbonyl (C=O) groups excluding carboxylic acids is 2. The van der Waals surface area contributed by atoms with E-state index in [-0.39, 0.29) is 22.5 Å². The summed E-state index contributed by atoms with van der Waals surface area (Å²) in [5.41, 5.74) is 23.9. The van der Waals surface area contributed by atoms with Crippen molar-refractivity contribution in [1.82, 2.24) is 0 Å². The van der Waals surface area contributed by atoms with E-state index in [0.717, 1.165) is 0 Å². The van der Waals surface area contributed by atoms with Crippen molar-refractivity contribution >= 4 is 34.3 Å². The van der Waals surface area contributed by atoms with Crippen LogP contribution in [0.25, 0.3) is 0 Å². The van der Waals surface area contributed by atoms with Gasteiger partial charge in [-0.1, -0.05) is 0 Å². The number of rotatable bonds is 3. The zero-order valence-electron chi connectivity index (χ0n) is 10.6. The second-order valence-corrected chi connectivity index (χ2v) is 4.35. The van der Waals surface area contributed by atoms with E-state index in [1.165, 1.54) is 36.4 Å². The van der Waals surface area contributed by atoms with E-state index in [4.69, 9.17) is 22.9 Å². The summed E-state index contributed by atoms with van der Waals surface area (Å²) >= 11 is 0. The Bertz CT molecular complexity index is 649. The van der Waals surface area contributed by atoms with Crippen LogP contribution >= 0.6 is 0 Å². The minimum absolute atomic E-state index is 0.178. The van der Waals surface area contributed by atoms with Crippen LogP contribution in [0.3, 0.4) is 0 Å². The third kappa shape index (κ3) is 2.39. The van der Waals surface area contributed by atoms with Gasteiger partial charge in [0.25, 0.3) is 0 Å². The van der Waals surface area contributed by atoms with Crippen molar-refractivity contribution in [1.29, 1.82) is 0 Å². The molecule has 0 radical (unpaired) electrons. The van der Waals surface area contributed by atoms with E-state index in [1.807, 2.05) is 0 Å². The second kappa shape index (κ2) is 4.93. The SMILES string of the molecule is Nc1ccc(C(=O)C(=O)c2ccc(N)c(N)c2)cc1N. The summed E-state index contributed by atoms with van der Waals surface area (Å²) in [7, 11) is 0. The van der Waals surface area contributed by atoms with Crippen molar-refractivity contribution < 1.29 is 9.59 Å². The molecular weight excluding hydrogens is 256 g/mol. The van der Waals surface area contributed by atoms with Gasteiger partial charge in [0.1, 0.15) is 0 Å². The number of carbonyl (C=O) groups is 2. The maximum Gasteiger partial charge on any atom is 0.233 e. The summed E-state index contributed by atoms with van der Waals surface area (Å²) in [5.74, 6) is -1.36. The van der Waals surface area contributed by atoms with Gasteiger partial charge in [-0.25, -0.2) is 0 Å². The van der Waals surface area contributed by atoms with Crippen LogP contribution in [0.1, 0.15) is 20.7 Å². The third-order valence-corrected chi connectivity index (χ3v) is 2.90. The number of nitrogen functional groups attached to an aromatic ring is 4. The first kappa shape index (κ1) is 13.4. The monoisotopic (exact) mass is 270 g/mol. The molecule has 6 heteroatoms. The first-order valence-electron chi connectivity index (χ1n) is 5.79. The fourth-order valence-electron chi connectivity index (χ4n) is 1.69. The van der Waals surface area contributed by atoms with Crippen LogP contribution in [0, 0.1) is 0 Å². The van der Waals surface area contributed by atoms with Crippen molar-refractivity contribution in [3.05, 3.63) is 47.5 Å². The number of anilines is 4. The summed E-state index contributed by atoms with van der Waals surface area (Å²) in [6, 6.07) is 8.60. The molecule has 0 unspecified atom stereocenters. The summed E-state index contributed by atoms with van der Waals surface area (Å²) in [5, 5.41) is 0. The third-order valence-electron chi connectivity index (χ3n) is 2.90. The number of ketones is 2. The highest BCUT2D eigenvalue weighted by Crippen LogP contribution is 2.20. The van der Waals surface area contributed by atoms with Crippen molar-refractivity contribution in [2.45, 2.75) is 0 Å². The normalized spacial score (nSPS) is 10.2. The Labute approximate surface area is 115 Å². The molecule has 0 spiro atoms. The van der Waals surface area contributed by atoms with Crippen LogP contribution in [0.5, 0.6) is 0 Å². The van der Waals surface area contributed by atoms with Gasteiger partial charge in [0.15, 0.2) is 0 Å². The van der Waals surface area contributed by atoms with E-state index in [0.29, 0.717) is 11.4 Å². The van der Waals surface area contributed by atoms with Gasteiger partial charge in [-0.2, -0.15) is 0 Å². The first-order valence-corrected chi connectivity index (χ1v) is 5.79. The van der Waals surface area contributed by atoms with E-state index in [2.05, 4.69) is 0 Å². The summed E-state index contributed by atoms with van der Waals surface area (Å²) in [6.07, 6.45) is 0. The predicted octanol–water partition coefficient (Wildman–Crippen LogP) is 1.08. The van der Waals surface area contributed by atoms with Crippen molar-refractivity contribution in [3.63, 3.8) is 0 Å². The molecule has 0 aliphatic carbocycles. The predicted molar refractivity (Wildman–Crippen MR) is 79.2 cm³/mol. The maximum absolute atomic E-state index is 12.1. The summed E-state index contributed by atoms with van der Waals surface area (Å²) in [6.45, 7) is 0. The first-order chi connectivity index (χ1) is 9.40. The number of hydrogen-bond donors (Lipinski definition) is 4. The van der Waals surface area contributed by atoms with Crippen molar-refractivity contribution in [2.24, 2.45) is 0 Å². The van der Waals surface area contributed by atoms with Crippen LogP contribution in [-0.2, 0) is 0 Å². The van der Waals surface area contributed by atoms with Crippen LogP contribution in [-0.4, -0.2) is 11.6 Å². The molecule has 6 nitrogen and oxygen atoms in total. The van der Waals surface area contributed by atoms with Gasteiger partial charge < -0.3 is 22.9 Å². The van der Waals surface area contributed by atoms with Gasteiger partial charge in [0.05, 0.1) is 22.7 Å². The Morgan fingerprint density at radius 3 is 1.25 bits per heavy atom. The summed E-state index contributed by atoms with van der Waals surface area (Å²) in [4.78, 5) is 24.2. The average Bonchev–Trinajstić information content (AvgIpc) is 2.43. The van der Waals surface area contributed by atoms with Gasteiger partial charge in [0.2, 0.25) is 11.6 Å². The topological polar surface area (TPSA) is 138 Å². The Morgan fingerprint density at radius 1 is 0.600 bits per heavy atom. The zero-order valence-corrected chi connectivity index (χ0v) is 10.6. The van der Waals surface area contributed by atoms with Gasteiger partial charge in [-0.3, -0.25) is 9.59 Å². The minimum Gasteiger partial charge on any atom is -0.397 e. The molecule has 0 aromatic heterocycles. The van der Waals surface area contributed by atoms with Crippen molar-refractivity contribution in [2.75, 3.05) is 22.9 Å². The van der Waals surface area contributed by atoms with Gasteiger partial charge >= 0.3 is 0 Å². The standard InChI is InChI=1S/C14H14N4O2/c15-9-3-1-7(5-11(9)17)13(19)14(20)8-2-4-10(16)12(18)6-8/h1-6H,15-18H2. The molecule has 0 atom stereocenters. The Kier molecular flexibility index (Phi) is 3.30. The molecule has 8 N–H and O–H groups in total. The van der Waals surface area contributed by atoms with E-state index in [1.54, 1.807) is 0 Å². The molecule has 2 aromatic carbocycles. The van der Waals surface area contributed by atoms with Gasteiger partial charge in [-0.05, 0) is 36.4 Å². The van der Waals surface area contributed by atoms with Crippen LogP contribution in [0.15, 0.2) is 36.4 Å². The molecule has 2 rings (SSSR count). The molecule has 20 heavy (non-hydrogen) atoms. The molecule has 2 aromatic rings. The Morgan fingerprint density at radius 2 is 0.950 bits per heavy atom. The van der Waals surface area contributed by atoms with Crippen LogP contribution in [0.4, 0.5) is 22.7 Å². The molecule has 0 saturated heterocycles. The molecule has 0 amide bonds. The Hall–Kier alpha value is -3.02. The van der Waals surface area contributed by atoms with Gasteiger partial charge in [0, 0.05) is 11.1 Å². The second-order valence-electron chi connectivity index (χ2n) is 4.35. The van der Waals surface area contributed by atoms with Crippen molar-refractivity contribution in [3.8, 4) is 0 Å². The smallest absolute Gasteiger partial charge is 0.233 e. The number of nitrogens with two attached hydrogens (primary N) is 4. The molecule has 0 bridgehead atoms. The fourth-order valence-corrected chi connectivity index (χ4v) is 1.69. The number of Topliss-reactive ketones (excluding diaryl/α,β-unsaturated/α-hetero) is 2. The van der Waals surface area contributed by atoms with E-state index in [9.17, 15) is 9.59 Å². The summed E-state index contributed by atoms with van der Waals surface area (Å²) < 4.78 is 0. The zero-order chi connectivity index (χ0) is 14.9. The average molecular weight is 270 g/mol. The highest BCUT2D eigenvalue weighted by molar-refractivity contribution is 6.49. The lowest BCUT2D eigenvalue weighted by molar-refractivity contribution is 0.0817. The maximum atomic E-state index is 12.1. The van der Waals surface area contributed by atoms with Crippen LogP contribution in [0.2, 0.25) is 0 Å². The number of hydrogen-bond acceptors (Lipinski definition) is 6. The molecule has 0 heterocycles. The van der Waals surface area contributed by atoms with Crippen LogP contribution < -0.4 is 22.9 Å². The minimum atomic E-state index is -0.680. The molecular formula is C14H14N4O2. The fraction of sp³-hybridized carbons (Fsp3) is 0. The Balaban J connectivity index is 2.34. The highest BCUT2D eigenvalue weighted by Gasteiger charge is 2.19. The quantitative estimate of drug-likeness (QED) is 0.374. The molecule has 0 fully saturated rings. The molecule has 0 aliphatic heterocycles. The largest absolute Gasteiger partial charge is 0.397 e. The van der Waals surface area contributed by atoms with E-state index < -0.39 is 11.6 Å². The van der Waals surface area contributed by atoms with E-state index >= 15 is 0 Å². The lowest BCUT2D eigenvalue weighted by Crippen LogP contribution is -2.15. The number of benzene rings is 2. The van der Waals surface area contributed by atoms with Gasteiger partial charge in [-0.15, -0.1) is 0 Å². The molecule has 102 valence electrons.